The third-order valence-electron chi connectivity index (χ3n) is 2.76. The second kappa shape index (κ2) is 5.40. The number of carbonyl (C=O) groups is 1. The van der Waals surface area contributed by atoms with Crippen LogP contribution in [0.4, 0.5) is 0 Å². The van der Waals surface area contributed by atoms with Crippen molar-refractivity contribution in [3.63, 3.8) is 0 Å². The van der Waals surface area contributed by atoms with Crippen LogP contribution in [0.3, 0.4) is 0 Å². The summed E-state index contributed by atoms with van der Waals surface area (Å²) in [6.07, 6.45) is 0.275. The van der Waals surface area contributed by atoms with E-state index in [4.69, 9.17) is 11.6 Å². The van der Waals surface area contributed by atoms with Crippen LogP contribution < -0.4 is 0 Å². The van der Waals surface area contributed by atoms with E-state index in [9.17, 15) is 4.79 Å². The number of hydrogen-bond donors (Lipinski definition) is 0. The Morgan fingerprint density at radius 3 is 2.50 bits per heavy atom. The maximum absolute atomic E-state index is 12.1. The fraction of sp³-hybridized carbons (Fsp3) is 0.231. The van der Waals surface area contributed by atoms with Crippen molar-refractivity contribution in [2.45, 2.75) is 13.3 Å². The van der Waals surface area contributed by atoms with Crippen molar-refractivity contribution < 1.29 is 4.79 Å². The van der Waals surface area contributed by atoms with Crippen LogP contribution in [0, 0.1) is 10.5 Å². The highest BCUT2D eigenvalue weighted by Gasteiger charge is 2.15. The summed E-state index contributed by atoms with van der Waals surface area (Å²) in [7, 11) is 1.80. The lowest BCUT2D eigenvalue weighted by atomic mass is 10.1. The third kappa shape index (κ3) is 2.75. The molecule has 94 valence electrons. The predicted octanol–water partition coefficient (Wildman–Crippen LogP) is 3.41. The molecule has 0 aliphatic carbocycles. The van der Waals surface area contributed by atoms with Gasteiger partial charge in [0.05, 0.1) is 22.8 Å². The molecule has 0 amide bonds. The first-order valence-corrected chi connectivity index (χ1v) is 6.91. The molecule has 1 aromatic carbocycles. The summed E-state index contributed by atoms with van der Waals surface area (Å²) in [5.41, 5.74) is 2.22. The first-order chi connectivity index (χ1) is 8.49. The highest BCUT2D eigenvalue weighted by molar-refractivity contribution is 14.1. The van der Waals surface area contributed by atoms with Crippen LogP contribution in [0.1, 0.15) is 21.7 Å². The van der Waals surface area contributed by atoms with E-state index in [1.54, 1.807) is 11.7 Å². The van der Waals surface area contributed by atoms with Crippen LogP contribution in [-0.4, -0.2) is 15.6 Å². The lowest BCUT2D eigenvalue weighted by Gasteiger charge is -2.03. The fourth-order valence-corrected chi connectivity index (χ4v) is 2.35. The number of Topliss-reactive ketones (excluding diaryl/α,β-unsaturated/α-hetero) is 1. The molecule has 1 heterocycles. The summed E-state index contributed by atoms with van der Waals surface area (Å²) >= 11 is 8.35. The van der Waals surface area contributed by atoms with Gasteiger partial charge in [-0.25, -0.2) is 0 Å². The van der Waals surface area contributed by atoms with Crippen LogP contribution in [0.2, 0.25) is 5.02 Å². The number of hydrogen-bond acceptors (Lipinski definition) is 2. The summed E-state index contributed by atoms with van der Waals surface area (Å²) in [6, 6.07) is 7.51. The minimum atomic E-state index is 0.0521. The van der Waals surface area contributed by atoms with Gasteiger partial charge in [-0.15, -0.1) is 0 Å². The van der Waals surface area contributed by atoms with Crippen LogP contribution in [0.25, 0.3) is 0 Å². The van der Waals surface area contributed by atoms with Crippen molar-refractivity contribution in [2.75, 3.05) is 0 Å². The van der Waals surface area contributed by atoms with E-state index in [1.165, 1.54) is 0 Å². The largest absolute Gasteiger partial charge is 0.294 e. The smallest absolute Gasteiger partial charge is 0.168 e. The molecule has 3 nitrogen and oxygen atoms in total. The Balaban J connectivity index is 2.24. The Morgan fingerprint density at radius 2 is 2.00 bits per heavy atom. The van der Waals surface area contributed by atoms with Gasteiger partial charge in [-0.05, 0) is 41.6 Å². The zero-order chi connectivity index (χ0) is 13.3. The maximum atomic E-state index is 12.1. The third-order valence-corrected chi connectivity index (χ3v) is 3.97. The minimum absolute atomic E-state index is 0.0521. The Kier molecular flexibility index (Phi) is 4.07. The lowest BCUT2D eigenvalue weighted by molar-refractivity contribution is 0.0990. The Labute approximate surface area is 124 Å². The van der Waals surface area contributed by atoms with Crippen molar-refractivity contribution in [1.82, 2.24) is 9.78 Å². The van der Waals surface area contributed by atoms with E-state index < -0.39 is 0 Å². The summed E-state index contributed by atoms with van der Waals surface area (Å²) < 4.78 is 2.78. The van der Waals surface area contributed by atoms with E-state index in [2.05, 4.69) is 27.7 Å². The molecule has 0 fully saturated rings. The molecule has 2 aromatic rings. The van der Waals surface area contributed by atoms with Crippen molar-refractivity contribution in [1.29, 1.82) is 0 Å². The van der Waals surface area contributed by atoms with Gasteiger partial charge in [0.2, 0.25) is 0 Å². The van der Waals surface area contributed by atoms with Crippen molar-refractivity contribution in [2.24, 2.45) is 7.05 Å². The van der Waals surface area contributed by atoms with Gasteiger partial charge in [0.25, 0.3) is 0 Å². The first-order valence-electron chi connectivity index (χ1n) is 5.45. The van der Waals surface area contributed by atoms with Gasteiger partial charge in [0.1, 0.15) is 0 Å². The van der Waals surface area contributed by atoms with Crippen LogP contribution in [-0.2, 0) is 13.5 Å². The highest BCUT2D eigenvalue weighted by atomic mass is 127. The fourth-order valence-electron chi connectivity index (χ4n) is 1.76. The number of rotatable bonds is 3. The number of aromatic nitrogens is 2. The standard InChI is InChI=1S/C13H12ClIN2O/c1-8-13(14)11(17(2)16-8)7-12(18)9-3-5-10(15)6-4-9/h3-6H,7H2,1-2H3. The average Bonchev–Trinajstić information content (AvgIpc) is 2.57. The quantitative estimate of drug-likeness (QED) is 0.609. The van der Waals surface area contributed by atoms with E-state index in [1.807, 2.05) is 31.2 Å². The van der Waals surface area contributed by atoms with Gasteiger partial charge in [-0.2, -0.15) is 5.10 Å². The van der Waals surface area contributed by atoms with E-state index in [0.29, 0.717) is 10.6 Å². The molecule has 0 bridgehead atoms. The number of aryl methyl sites for hydroxylation is 2. The van der Waals surface area contributed by atoms with Gasteiger partial charge >= 0.3 is 0 Å². The van der Waals surface area contributed by atoms with Gasteiger partial charge in [0.15, 0.2) is 5.78 Å². The summed E-state index contributed by atoms with van der Waals surface area (Å²) in [5.74, 6) is 0.0521. The molecular formula is C13H12ClIN2O. The zero-order valence-corrected chi connectivity index (χ0v) is 13.0. The number of carbonyl (C=O) groups excluding carboxylic acids is 1. The van der Waals surface area contributed by atoms with Gasteiger partial charge in [0, 0.05) is 16.2 Å². The summed E-state index contributed by atoms with van der Waals surface area (Å²) in [6.45, 7) is 1.83. The van der Waals surface area contributed by atoms with Crippen LogP contribution in [0.5, 0.6) is 0 Å². The molecule has 0 saturated carbocycles. The molecule has 0 N–H and O–H groups in total. The maximum Gasteiger partial charge on any atom is 0.168 e. The molecule has 2 rings (SSSR count). The molecule has 5 heteroatoms. The molecule has 18 heavy (non-hydrogen) atoms. The number of benzene rings is 1. The molecule has 0 unspecified atom stereocenters. The second-order valence-electron chi connectivity index (χ2n) is 4.08. The Morgan fingerprint density at radius 1 is 1.39 bits per heavy atom. The normalized spacial score (nSPS) is 10.7. The lowest BCUT2D eigenvalue weighted by Crippen LogP contribution is -2.08. The summed E-state index contributed by atoms with van der Waals surface area (Å²) in [4.78, 5) is 12.1. The number of nitrogens with zero attached hydrogens (tertiary/aromatic N) is 2. The topological polar surface area (TPSA) is 34.9 Å². The number of ketones is 1. The van der Waals surface area contributed by atoms with Crippen molar-refractivity contribution >= 4 is 40.0 Å². The molecule has 1 aromatic heterocycles. The Hall–Kier alpha value is -0.880. The molecule has 0 spiro atoms. The monoisotopic (exact) mass is 374 g/mol. The van der Waals surface area contributed by atoms with E-state index in [-0.39, 0.29) is 12.2 Å². The van der Waals surface area contributed by atoms with Gasteiger partial charge < -0.3 is 0 Å². The molecule has 0 radical (unpaired) electrons. The predicted molar refractivity (Wildman–Crippen MR) is 80.1 cm³/mol. The summed E-state index contributed by atoms with van der Waals surface area (Å²) in [5, 5.41) is 4.78. The molecule has 0 saturated heterocycles. The molecular weight excluding hydrogens is 363 g/mol. The zero-order valence-electron chi connectivity index (χ0n) is 10.1. The molecule has 0 aliphatic heterocycles. The van der Waals surface area contributed by atoms with Gasteiger partial charge in [-0.3, -0.25) is 9.48 Å². The van der Waals surface area contributed by atoms with Gasteiger partial charge in [-0.1, -0.05) is 23.7 Å². The SMILES string of the molecule is Cc1nn(C)c(CC(=O)c2ccc(I)cc2)c1Cl. The van der Waals surface area contributed by atoms with E-state index >= 15 is 0 Å². The Bertz CT molecular complexity index is 590. The van der Waals surface area contributed by atoms with Crippen molar-refractivity contribution in [3.05, 3.63) is 49.8 Å². The molecule has 0 aliphatic rings. The van der Waals surface area contributed by atoms with Crippen molar-refractivity contribution in [3.8, 4) is 0 Å². The number of halogens is 2. The van der Waals surface area contributed by atoms with E-state index in [0.717, 1.165) is 15.0 Å². The highest BCUT2D eigenvalue weighted by Crippen LogP contribution is 2.21. The average molecular weight is 375 g/mol. The first kappa shape index (κ1) is 13.5. The van der Waals surface area contributed by atoms with Crippen LogP contribution >= 0.6 is 34.2 Å². The second-order valence-corrected chi connectivity index (χ2v) is 5.70. The minimum Gasteiger partial charge on any atom is -0.294 e. The molecule has 0 atom stereocenters. The van der Waals surface area contributed by atoms with Crippen LogP contribution in [0.15, 0.2) is 24.3 Å².